The highest BCUT2D eigenvalue weighted by Gasteiger charge is 2.34. The highest BCUT2D eigenvalue weighted by atomic mass is 32.1. The molecule has 2 amide bonds. The molecule has 1 saturated carbocycles. The molecule has 3 aromatic rings. The lowest BCUT2D eigenvalue weighted by atomic mass is 10.0. The first-order valence-corrected chi connectivity index (χ1v) is 13.2. The molecule has 180 valence electrons. The molecule has 0 spiro atoms. The second-order valence-electron chi connectivity index (χ2n) is 8.36. The Hall–Kier alpha value is -2.84. The Bertz CT molecular complexity index is 1080. The van der Waals surface area contributed by atoms with Crippen LogP contribution < -0.4 is 14.8 Å². The topological polar surface area (TPSA) is 67.9 Å². The van der Waals surface area contributed by atoms with Gasteiger partial charge < -0.3 is 19.7 Å². The number of amides is 2. The summed E-state index contributed by atoms with van der Waals surface area (Å²) < 4.78 is 10.9. The van der Waals surface area contributed by atoms with Crippen molar-refractivity contribution in [2.75, 3.05) is 14.2 Å². The van der Waals surface area contributed by atoms with E-state index in [1.807, 2.05) is 41.1 Å². The number of carbonyl (C=O) groups is 2. The molecule has 1 aliphatic rings. The predicted molar refractivity (Wildman–Crippen MR) is 136 cm³/mol. The van der Waals surface area contributed by atoms with Gasteiger partial charge in [0.2, 0.25) is 11.8 Å². The average molecular weight is 499 g/mol. The molecular weight excluding hydrogens is 468 g/mol. The monoisotopic (exact) mass is 498 g/mol. The van der Waals surface area contributed by atoms with Crippen molar-refractivity contribution in [1.82, 2.24) is 10.2 Å². The molecule has 0 bridgehead atoms. The van der Waals surface area contributed by atoms with Crippen LogP contribution >= 0.6 is 22.7 Å². The van der Waals surface area contributed by atoms with E-state index in [-0.39, 0.29) is 24.3 Å². The van der Waals surface area contributed by atoms with Crippen molar-refractivity contribution in [2.24, 2.45) is 0 Å². The normalized spacial score (nSPS) is 14.5. The molecule has 1 aromatic carbocycles. The first kappa shape index (κ1) is 24.3. The lowest BCUT2D eigenvalue weighted by molar-refractivity contribution is -0.141. The van der Waals surface area contributed by atoms with Crippen LogP contribution in [0.5, 0.6) is 11.5 Å². The standard InChI is InChI=1S/C26H30N2O4S2/c1-31-22-12-11-18(15-23(22)32-2)25(26(30)27-19-7-3-4-8-19)28(17-21-10-6-14-34-21)24(29)16-20-9-5-13-33-20/h5-6,9-15,19,25H,3-4,7-8,16-17H2,1-2H3,(H,27,30)/t25-/m0/s1. The van der Waals surface area contributed by atoms with Crippen molar-refractivity contribution in [2.45, 2.75) is 50.7 Å². The van der Waals surface area contributed by atoms with E-state index in [1.54, 1.807) is 53.9 Å². The summed E-state index contributed by atoms with van der Waals surface area (Å²) in [6.45, 7) is 0.360. The van der Waals surface area contributed by atoms with Crippen LogP contribution in [0, 0.1) is 0 Å². The number of nitrogens with zero attached hydrogens (tertiary/aromatic N) is 1. The SMILES string of the molecule is COc1ccc([C@@H](C(=O)NC2CCCC2)N(Cc2cccs2)C(=O)Cc2cccs2)cc1OC. The van der Waals surface area contributed by atoms with E-state index in [9.17, 15) is 9.59 Å². The van der Waals surface area contributed by atoms with Crippen molar-refractivity contribution in [1.29, 1.82) is 0 Å². The van der Waals surface area contributed by atoms with Gasteiger partial charge in [-0.25, -0.2) is 0 Å². The summed E-state index contributed by atoms with van der Waals surface area (Å²) >= 11 is 3.13. The van der Waals surface area contributed by atoms with E-state index in [1.165, 1.54) is 0 Å². The van der Waals surface area contributed by atoms with Gasteiger partial charge in [0.1, 0.15) is 6.04 Å². The van der Waals surface area contributed by atoms with Gasteiger partial charge in [-0.1, -0.05) is 31.0 Å². The largest absolute Gasteiger partial charge is 0.493 e. The number of hydrogen-bond donors (Lipinski definition) is 1. The molecule has 0 unspecified atom stereocenters. The van der Waals surface area contributed by atoms with Gasteiger partial charge in [-0.3, -0.25) is 9.59 Å². The number of hydrogen-bond acceptors (Lipinski definition) is 6. The van der Waals surface area contributed by atoms with Crippen molar-refractivity contribution < 1.29 is 19.1 Å². The Morgan fingerprint density at radius 1 is 1.00 bits per heavy atom. The molecular formula is C26H30N2O4S2. The number of nitrogens with one attached hydrogen (secondary N) is 1. The van der Waals surface area contributed by atoms with Crippen molar-refractivity contribution in [3.63, 3.8) is 0 Å². The zero-order chi connectivity index (χ0) is 23.9. The van der Waals surface area contributed by atoms with Gasteiger partial charge >= 0.3 is 0 Å². The molecule has 1 N–H and O–H groups in total. The maximum Gasteiger partial charge on any atom is 0.247 e. The molecule has 0 radical (unpaired) electrons. The zero-order valence-corrected chi connectivity index (χ0v) is 21.1. The smallest absolute Gasteiger partial charge is 0.247 e. The van der Waals surface area contributed by atoms with Crippen LogP contribution in [0.25, 0.3) is 0 Å². The molecule has 1 fully saturated rings. The minimum absolute atomic E-state index is 0.0859. The molecule has 34 heavy (non-hydrogen) atoms. The predicted octanol–water partition coefficient (Wildman–Crippen LogP) is 5.20. The van der Waals surface area contributed by atoms with E-state index in [2.05, 4.69) is 5.32 Å². The zero-order valence-electron chi connectivity index (χ0n) is 19.5. The number of thiophene rings is 2. The lowest BCUT2D eigenvalue weighted by Gasteiger charge is -2.32. The number of benzene rings is 1. The van der Waals surface area contributed by atoms with E-state index >= 15 is 0 Å². The van der Waals surface area contributed by atoms with Gasteiger partial charge in [-0.05, 0) is 53.4 Å². The van der Waals surface area contributed by atoms with E-state index in [4.69, 9.17) is 9.47 Å². The van der Waals surface area contributed by atoms with E-state index in [0.29, 0.717) is 23.6 Å². The van der Waals surface area contributed by atoms with Crippen molar-refractivity contribution in [3.05, 3.63) is 68.5 Å². The Labute approximate surface area is 208 Å². The number of methoxy groups -OCH3 is 2. The van der Waals surface area contributed by atoms with Crippen LogP contribution in [0.15, 0.2) is 53.2 Å². The summed E-state index contributed by atoms with van der Waals surface area (Å²) in [6, 6.07) is 12.7. The van der Waals surface area contributed by atoms with Gasteiger partial charge in [-0.2, -0.15) is 0 Å². The Kier molecular flexibility index (Phi) is 8.24. The molecule has 2 heterocycles. The minimum atomic E-state index is -0.782. The van der Waals surface area contributed by atoms with Gasteiger partial charge in [0, 0.05) is 15.8 Å². The first-order chi connectivity index (χ1) is 16.6. The van der Waals surface area contributed by atoms with Crippen molar-refractivity contribution in [3.8, 4) is 11.5 Å². The van der Waals surface area contributed by atoms with Crippen LogP contribution in [-0.4, -0.2) is 37.0 Å². The van der Waals surface area contributed by atoms with E-state index in [0.717, 1.165) is 35.4 Å². The maximum absolute atomic E-state index is 13.8. The quantitative estimate of drug-likeness (QED) is 0.417. The van der Waals surface area contributed by atoms with Crippen molar-refractivity contribution >= 4 is 34.5 Å². The van der Waals surface area contributed by atoms with Gasteiger partial charge in [0.05, 0.1) is 27.2 Å². The fourth-order valence-corrected chi connectivity index (χ4v) is 5.80. The minimum Gasteiger partial charge on any atom is -0.493 e. The fraction of sp³-hybridized carbons (Fsp3) is 0.385. The van der Waals surface area contributed by atoms with E-state index < -0.39 is 6.04 Å². The Morgan fingerprint density at radius 2 is 1.68 bits per heavy atom. The second kappa shape index (κ2) is 11.5. The molecule has 1 atom stereocenters. The summed E-state index contributed by atoms with van der Waals surface area (Å²) in [5, 5.41) is 7.17. The second-order valence-corrected chi connectivity index (χ2v) is 10.4. The van der Waals surface area contributed by atoms with Crippen LogP contribution in [0.2, 0.25) is 0 Å². The van der Waals surface area contributed by atoms with Crippen LogP contribution in [0.4, 0.5) is 0 Å². The number of rotatable bonds is 10. The summed E-state index contributed by atoms with van der Waals surface area (Å²) in [5.74, 6) is 0.865. The summed E-state index contributed by atoms with van der Waals surface area (Å²) in [5.41, 5.74) is 0.698. The first-order valence-electron chi connectivity index (χ1n) is 11.5. The van der Waals surface area contributed by atoms with Crippen LogP contribution in [-0.2, 0) is 22.6 Å². The highest BCUT2D eigenvalue weighted by Crippen LogP contribution is 2.34. The number of carbonyl (C=O) groups excluding carboxylic acids is 2. The lowest BCUT2D eigenvalue weighted by Crippen LogP contribution is -2.46. The van der Waals surface area contributed by atoms with Crippen LogP contribution in [0.3, 0.4) is 0 Å². The molecule has 0 aliphatic heterocycles. The van der Waals surface area contributed by atoms with Crippen LogP contribution in [0.1, 0.15) is 47.0 Å². The Morgan fingerprint density at radius 3 is 2.29 bits per heavy atom. The molecule has 8 heteroatoms. The van der Waals surface area contributed by atoms with Gasteiger partial charge in [-0.15, -0.1) is 22.7 Å². The van der Waals surface area contributed by atoms with Gasteiger partial charge in [0.15, 0.2) is 11.5 Å². The maximum atomic E-state index is 13.8. The molecule has 4 rings (SSSR count). The third-order valence-electron chi connectivity index (χ3n) is 6.12. The summed E-state index contributed by atoms with van der Waals surface area (Å²) in [4.78, 5) is 31.1. The Balaban J connectivity index is 1.72. The fourth-order valence-electron chi connectivity index (χ4n) is 4.40. The highest BCUT2D eigenvalue weighted by molar-refractivity contribution is 7.10. The third-order valence-corrected chi connectivity index (χ3v) is 7.85. The summed E-state index contributed by atoms with van der Waals surface area (Å²) in [7, 11) is 3.15. The number of ether oxygens (including phenoxy) is 2. The summed E-state index contributed by atoms with van der Waals surface area (Å²) in [6.07, 6.45) is 4.42. The molecule has 1 aliphatic carbocycles. The molecule has 0 saturated heterocycles. The molecule has 6 nitrogen and oxygen atoms in total. The average Bonchev–Trinajstić information content (AvgIpc) is 3.63. The third kappa shape index (κ3) is 5.80. The molecule has 2 aromatic heterocycles. The van der Waals surface area contributed by atoms with Gasteiger partial charge in [0.25, 0.3) is 0 Å².